The third-order valence-corrected chi connectivity index (χ3v) is 3.95. The molecule has 1 saturated heterocycles. The summed E-state index contributed by atoms with van der Waals surface area (Å²) in [5.41, 5.74) is 0. The van der Waals surface area contributed by atoms with Gasteiger partial charge in [0, 0.05) is 13.7 Å². The normalized spacial score (nSPS) is 30.1. The van der Waals surface area contributed by atoms with E-state index in [1.807, 2.05) is 13.0 Å². The van der Waals surface area contributed by atoms with Gasteiger partial charge in [0.15, 0.2) is 0 Å². The van der Waals surface area contributed by atoms with Crippen LogP contribution in [0.5, 0.6) is 0 Å². The summed E-state index contributed by atoms with van der Waals surface area (Å²) in [6, 6.07) is 0. The van der Waals surface area contributed by atoms with E-state index in [9.17, 15) is 5.11 Å². The van der Waals surface area contributed by atoms with Crippen LogP contribution < -0.4 is 0 Å². The molecule has 1 aliphatic rings. The van der Waals surface area contributed by atoms with Crippen molar-refractivity contribution in [2.24, 2.45) is 0 Å². The van der Waals surface area contributed by atoms with Crippen LogP contribution in [0.2, 0.25) is 0 Å². The Morgan fingerprint density at radius 3 is 2.62 bits per heavy atom. The summed E-state index contributed by atoms with van der Waals surface area (Å²) in [6.07, 6.45) is 10.1. The molecule has 0 aromatic carbocycles. The maximum Gasteiger partial charge on any atom is 0.114 e. The van der Waals surface area contributed by atoms with Gasteiger partial charge in [-0.2, -0.15) is 0 Å². The number of rotatable bonds is 10. The highest BCUT2D eigenvalue weighted by molar-refractivity contribution is 5.00. The third-order valence-electron chi connectivity index (χ3n) is 3.95. The largest absolute Gasteiger partial charge is 0.387 e. The molecule has 1 aliphatic heterocycles. The lowest BCUT2D eigenvalue weighted by atomic mass is 9.99. The van der Waals surface area contributed by atoms with E-state index < -0.39 is 6.10 Å². The highest BCUT2D eigenvalue weighted by atomic mass is 16.6. The minimum atomic E-state index is -0.670. The molecule has 4 atom stereocenters. The van der Waals surface area contributed by atoms with Crippen LogP contribution in [0.3, 0.4) is 0 Å². The first-order valence-corrected chi connectivity index (χ1v) is 8.35. The molecule has 0 saturated carbocycles. The van der Waals surface area contributed by atoms with Crippen molar-refractivity contribution in [3.63, 3.8) is 0 Å². The van der Waals surface area contributed by atoms with Crippen LogP contribution in [0.1, 0.15) is 52.4 Å². The number of unbranched alkanes of at least 4 members (excludes halogenated alkanes) is 5. The fourth-order valence-corrected chi connectivity index (χ4v) is 2.72. The number of ether oxygens (including phenoxy) is 3. The minimum absolute atomic E-state index is 0.186. The van der Waals surface area contributed by atoms with E-state index in [2.05, 4.69) is 13.0 Å². The predicted molar refractivity (Wildman–Crippen MR) is 84.5 cm³/mol. The zero-order valence-electron chi connectivity index (χ0n) is 13.8. The Hall–Kier alpha value is -0.420. The standard InChI is InChI=1S/C17H32O4/c1-4-6-7-8-9-10-11-12-14-16(18)17(19-3)15(13-21-14)20-5-2/h11-12,14-18H,4-10,13H2,1-3H3/b12-11+/t14-,15+,16+,17-/m0/s1. The number of aliphatic hydroxyl groups excluding tert-OH is 1. The molecule has 124 valence electrons. The van der Waals surface area contributed by atoms with Gasteiger partial charge in [-0.05, 0) is 19.8 Å². The lowest BCUT2D eigenvalue weighted by Crippen LogP contribution is -2.54. The second-order valence-electron chi connectivity index (χ2n) is 5.61. The molecule has 0 aliphatic carbocycles. The van der Waals surface area contributed by atoms with Crippen molar-refractivity contribution in [1.29, 1.82) is 0 Å². The quantitative estimate of drug-likeness (QED) is 0.497. The van der Waals surface area contributed by atoms with Crippen LogP contribution in [0, 0.1) is 0 Å². The smallest absolute Gasteiger partial charge is 0.114 e. The first-order valence-electron chi connectivity index (χ1n) is 8.35. The summed E-state index contributed by atoms with van der Waals surface area (Å²) in [6.45, 7) is 5.22. The first kappa shape index (κ1) is 18.6. The van der Waals surface area contributed by atoms with Crippen LogP contribution in [-0.2, 0) is 14.2 Å². The molecule has 0 aromatic heterocycles. The number of aliphatic hydroxyl groups is 1. The molecule has 0 bridgehead atoms. The molecule has 1 fully saturated rings. The van der Waals surface area contributed by atoms with Crippen molar-refractivity contribution in [2.75, 3.05) is 20.3 Å². The highest BCUT2D eigenvalue weighted by Gasteiger charge is 2.39. The van der Waals surface area contributed by atoms with Gasteiger partial charge in [0.1, 0.15) is 24.4 Å². The molecule has 4 nitrogen and oxygen atoms in total. The summed E-state index contributed by atoms with van der Waals surface area (Å²) in [4.78, 5) is 0. The lowest BCUT2D eigenvalue weighted by Gasteiger charge is -2.38. The molecule has 4 heteroatoms. The second-order valence-corrected chi connectivity index (χ2v) is 5.61. The molecule has 0 spiro atoms. The fourth-order valence-electron chi connectivity index (χ4n) is 2.72. The van der Waals surface area contributed by atoms with E-state index >= 15 is 0 Å². The van der Waals surface area contributed by atoms with Crippen molar-refractivity contribution in [1.82, 2.24) is 0 Å². The second kappa shape index (κ2) is 11.2. The van der Waals surface area contributed by atoms with E-state index in [0.717, 1.165) is 6.42 Å². The number of allylic oxidation sites excluding steroid dienone is 1. The lowest BCUT2D eigenvalue weighted by molar-refractivity contribution is -0.197. The van der Waals surface area contributed by atoms with Gasteiger partial charge in [-0.3, -0.25) is 0 Å². The summed E-state index contributed by atoms with van der Waals surface area (Å²) >= 11 is 0. The van der Waals surface area contributed by atoms with Gasteiger partial charge in [0.25, 0.3) is 0 Å². The van der Waals surface area contributed by atoms with Crippen molar-refractivity contribution in [3.05, 3.63) is 12.2 Å². The minimum Gasteiger partial charge on any atom is -0.387 e. The van der Waals surface area contributed by atoms with Crippen molar-refractivity contribution >= 4 is 0 Å². The van der Waals surface area contributed by atoms with Gasteiger partial charge in [-0.25, -0.2) is 0 Å². The van der Waals surface area contributed by atoms with Crippen LogP contribution in [0.25, 0.3) is 0 Å². The van der Waals surface area contributed by atoms with E-state index in [0.29, 0.717) is 13.2 Å². The Bertz CT molecular complexity index is 280. The van der Waals surface area contributed by atoms with Gasteiger partial charge < -0.3 is 19.3 Å². The van der Waals surface area contributed by atoms with E-state index in [1.54, 1.807) is 7.11 Å². The van der Waals surface area contributed by atoms with Crippen molar-refractivity contribution in [3.8, 4) is 0 Å². The summed E-state index contributed by atoms with van der Waals surface area (Å²) < 4.78 is 16.6. The molecule has 0 unspecified atom stereocenters. The zero-order chi connectivity index (χ0) is 15.5. The maximum absolute atomic E-state index is 10.3. The van der Waals surface area contributed by atoms with Crippen molar-refractivity contribution in [2.45, 2.75) is 76.8 Å². The highest BCUT2D eigenvalue weighted by Crippen LogP contribution is 2.21. The van der Waals surface area contributed by atoms with Gasteiger partial charge >= 0.3 is 0 Å². The average Bonchev–Trinajstić information content (AvgIpc) is 2.49. The monoisotopic (exact) mass is 300 g/mol. The summed E-state index contributed by atoms with van der Waals surface area (Å²) in [5, 5.41) is 10.3. The molecular weight excluding hydrogens is 268 g/mol. The van der Waals surface area contributed by atoms with Gasteiger partial charge in [-0.15, -0.1) is 0 Å². The number of hydrogen-bond donors (Lipinski definition) is 1. The summed E-state index contributed by atoms with van der Waals surface area (Å²) in [5.74, 6) is 0. The van der Waals surface area contributed by atoms with E-state index in [4.69, 9.17) is 14.2 Å². The van der Waals surface area contributed by atoms with Gasteiger partial charge in [0.2, 0.25) is 0 Å². The van der Waals surface area contributed by atoms with E-state index in [-0.39, 0.29) is 18.3 Å². The zero-order valence-corrected chi connectivity index (χ0v) is 13.8. The molecule has 21 heavy (non-hydrogen) atoms. The molecule has 0 aromatic rings. The summed E-state index contributed by atoms with van der Waals surface area (Å²) in [7, 11) is 1.61. The van der Waals surface area contributed by atoms with Crippen LogP contribution >= 0.6 is 0 Å². The van der Waals surface area contributed by atoms with Crippen molar-refractivity contribution < 1.29 is 19.3 Å². The Morgan fingerprint density at radius 1 is 1.19 bits per heavy atom. The Morgan fingerprint density at radius 2 is 1.95 bits per heavy atom. The van der Waals surface area contributed by atoms with Gasteiger partial charge in [0.05, 0.1) is 6.61 Å². The predicted octanol–water partition coefficient (Wildman–Crippen LogP) is 3.08. The molecule has 0 amide bonds. The Balaban J connectivity index is 2.32. The van der Waals surface area contributed by atoms with Crippen LogP contribution in [-0.4, -0.2) is 49.8 Å². The fraction of sp³-hybridized carbons (Fsp3) is 0.882. The average molecular weight is 300 g/mol. The van der Waals surface area contributed by atoms with E-state index in [1.165, 1.54) is 32.1 Å². The number of hydrogen-bond acceptors (Lipinski definition) is 4. The molecular formula is C17H32O4. The SMILES string of the molecule is CCCCCCC/C=C/[C@@H]1OC[C@@H](OCC)[C@H](OC)[C@@H]1O. The topological polar surface area (TPSA) is 47.9 Å². The van der Waals surface area contributed by atoms with Crippen LogP contribution in [0.15, 0.2) is 12.2 Å². The Labute approximate surface area is 129 Å². The molecule has 1 heterocycles. The maximum atomic E-state index is 10.3. The van der Waals surface area contributed by atoms with Gasteiger partial charge in [-0.1, -0.05) is 44.8 Å². The van der Waals surface area contributed by atoms with Crippen LogP contribution in [0.4, 0.5) is 0 Å². The first-order chi connectivity index (χ1) is 10.2. The Kier molecular flexibility index (Phi) is 9.92. The third kappa shape index (κ3) is 6.47. The molecule has 1 rings (SSSR count). The number of methoxy groups -OCH3 is 1. The molecule has 0 radical (unpaired) electrons. The molecule has 1 N–H and O–H groups in total.